The number of hydrogen-bond donors (Lipinski definition) is 1. The molecule has 1 rings (SSSR count). The first-order valence-corrected chi connectivity index (χ1v) is 6.28. The average molecular weight is 220 g/mol. The zero-order chi connectivity index (χ0) is 11.1. The maximum absolute atomic E-state index is 8.89. The summed E-state index contributed by atoms with van der Waals surface area (Å²) in [5, 5.41) is 12.9. The van der Waals surface area contributed by atoms with Gasteiger partial charge in [-0.05, 0) is 17.9 Å². The summed E-state index contributed by atoms with van der Waals surface area (Å²) in [4.78, 5) is 0. The van der Waals surface area contributed by atoms with Crippen molar-refractivity contribution in [2.75, 3.05) is 12.8 Å². The van der Waals surface area contributed by atoms with E-state index in [0.29, 0.717) is 5.25 Å². The molecule has 0 aliphatic rings. The molecule has 1 atom stereocenters. The van der Waals surface area contributed by atoms with Crippen LogP contribution in [-0.4, -0.2) is 18.1 Å². The summed E-state index contributed by atoms with van der Waals surface area (Å²) >= 11 is 1.84. The predicted molar refractivity (Wildman–Crippen MR) is 65.8 cm³/mol. The second-order valence-corrected chi connectivity index (χ2v) is 4.72. The highest BCUT2D eigenvalue weighted by molar-refractivity contribution is 7.99. The third-order valence-electron chi connectivity index (χ3n) is 2.29. The summed E-state index contributed by atoms with van der Waals surface area (Å²) in [6, 6.07) is 9.92. The zero-order valence-corrected chi connectivity index (χ0v) is 9.97. The molecule has 0 spiro atoms. The Balaban J connectivity index is 2.47. The zero-order valence-electron chi connectivity index (χ0n) is 9.16. The molecule has 0 bridgehead atoms. The van der Waals surface area contributed by atoms with Crippen molar-refractivity contribution in [1.82, 2.24) is 5.32 Å². The largest absolute Gasteiger partial charge is 0.312 e. The normalized spacial score (nSPS) is 12.1. The van der Waals surface area contributed by atoms with E-state index >= 15 is 0 Å². The van der Waals surface area contributed by atoms with E-state index in [-0.39, 0.29) is 0 Å². The Morgan fingerprint density at radius 1 is 1.47 bits per heavy atom. The fraction of sp³-hybridized carbons (Fsp3) is 0.417. The molecule has 1 N–H and O–H groups in total. The van der Waals surface area contributed by atoms with E-state index in [9.17, 15) is 0 Å². The van der Waals surface area contributed by atoms with Crippen LogP contribution in [0.1, 0.15) is 18.1 Å². The van der Waals surface area contributed by atoms with Crippen molar-refractivity contribution in [3.05, 3.63) is 35.4 Å². The van der Waals surface area contributed by atoms with Crippen LogP contribution in [0, 0.1) is 11.3 Å². The molecule has 0 fully saturated rings. The molecule has 1 aromatic carbocycles. The molecule has 0 saturated heterocycles. The van der Waals surface area contributed by atoms with Crippen molar-refractivity contribution in [2.45, 2.75) is 18.7 Å². The molecule has 0 radical (unpaired) electrons. The molecule has 3 heteroatoms. The molecule has 1 unspecified atom stereocenters. The number of nitrogens with zero attached hydrogens (tertiary/aromatic N) is 1. The summed E-state index contributed by atoms with van der Waals surface area (Å²) in [5.41, 5.74) is 1.84. The molecule has 0 aromatic heterocycles. The number of hydrogen-bond acceptors (Lipinski definition) is 3. The highest BCUT2D eigenvalue weighted by Crippen LogP contribution is 2.07. The number of thioether (sulfide) groups is 1. The van der Waals surface area contributed by atoms with Gasteiger partial charge in [0.05, 0.1) is 11.6 Å². The lowest BCUT2D eigenvalue weighted by atomic mass is 10.1. The van der Waals surface area contributed by atoms with E-state index in [2.05, 4.69) is 24.6 Å². The topological polar surface area (TPSA) is 35.8 Å². The maximum Gasteiger partial charge on any atom is 0.0995 e. The van der Waals surface area contributed by atoms with Gasteiger partial charge in [0.2, 0.25) is 0 Å². The molecule has 0 heterocycles. The minimum absolute atomic E-state index is 0.610. The molecule has 0 aliphatic heterocycles. The standard InChI is InChI=1S/C12H16N2S/c1-10(15-2)8-14-9-12-6-4-3-5-11(12)7-13/h3-6,10,14H,8-9H2,1-2H3. The van der Waals surface area contributed by atoms with Crippen LogP contribution < -0.4 is 5.32 Å². The molecular weight excluding hydrogens is 204 g/mol. The van der Waals surface area contributed by atoms with Gasteiger partial charge < -0.3 is 5.32 Å². The monoisotopic (exact) mass is 220 g/mol. The second-order valence-electron chi connectivity index (χ2n) is 3.45. The highest BCUT2D eigenvalue weighted by Gasteiger charge is 2.01. The van der Waals surface area contributed by atoms with Gasteiger partial charge in [-0.2, -0.15) is 17.0 Å². The third-order valence-corrected chi connectivity index (χ3v) is 3.26. The molecule has 80 valence electrons. The maximum atomic E-state index is 8.89. The number of nitrogens with one attached hydrogen (secondary N) is 1. The Kier molecular flexibility index (Phi) is 5.23. The number of nitriles is 1. The Hall–Kier alpha value is -0.980. The van der Waals surface area contributed by atoms with Gasteiger partial charge in [0, 0.05) is 18.3 Å². The van der Waals surface area contributed by atoms with Gasteiger partial charge >= 0.3 is 0 Å². The van der Waals surface area contributed by atoms with Crippen LogP contribution in [0.25, 0.3) is 0 Å². The highest BCUT2D eigenvalue weighted by atomic mass is 32.2. The van der Waals surface area contributed by atoms with Crippen molar-refractivity contribution < 1.29 is 0 Å². The minimum atomic E-state index is 0.610. The summed E-state index contributed by atoms with van der Waals surface area (Å²) in [5.74, 6) is 0. The van der Waals surface area contributed by atoms with Crippen molar-refractivity contribution >= 4 is 11.8 Å². The van der Waals surface area contributed by atoms with E-state index in [1.165, 1.54) is 0 Å². The van der Waals surface area contributed by atoms with Gasteiger partial charge in [-0.3, -0.25) is 0 Å². The van der Waals surface area contributed by atoms with Crippen LogP contribution in [-0.2, 0) is 6.54 Å². The van der Waals surface area contributed by atoms with Gasteiger partial charge in [0.15, 0.2) is 0 Å². The second kappa shape index (κ2) is 6.49. The van der Waals surface area contributed by atoms with Crippen LogP contribution >= 0.6 is 11.8 Å². The van der Waals surface area contributed by atoms with Gasteiger partial charge in [-0.15, -0.1) is 0 Å². The summed E-state index contributed by atoms with van der Waals surface area (Å²) in [7, 11) is 0. The fourth-order valence-corrected chi connectivity index (χ4v) is 1.56. The van der Waals surface area contributed by atoms with Crippen LogP contribution in [0.5, 0.6) is 0 Å². The number of rotatable bonds is 5. The SMILES string of the molecule is CSC(C)CNCc1ccccc1C#N. The van der Waals surface area contributed by atoms with Gasteiger partial charge in [-0.25, -0.2) is 0 Å². The minimum Gasteiger partial charge on any atom is -0.312 e. The summed E-state index contributed by atoms with van der Waals surface area (Å²) in [6.07, 6.45) is 2.11. The van der Waals surface area contributed by atoms with Crippen molar-refractivity contribution in [3.8, 4) is 6.07 Å². The lowest BCUT2D eigenvalue weighted by Gasteiger charge is -2.10. The van der Waals surface area contributed by atoms with E-state index < -0.39 is 0 Å². The van der Waals surface area contributed by atoms with E-state index in [4.69, 9.17) is 5.26 Å². The molecule has 0 saturated carbocycles. The van der Waals surface area contributed by atoms with Crippen molar-refractivity contribution in [3.63, 3.8) is 0 Å². The quantitative estimate of drug-likeness (QED) is 0.827. The van der Waals surface area contributed by atoms with Gasteiger partial charge in [-0.1, -0.05) is 25.1 Å². The lowest BCUT2D eigenvalue weighted by molar-refractivity contribution is 0.683. The predicted octanol–water partition coefficient (Wildman–Crippen LogP) is 2.40. The average Bonchev–Trinajstić information content (AvgIpc) is 2.29. The Morgan fingerprint density at radius 2 is 2.20 bits per heavy atom. The lowest BCUT2D eigenvalue weighted by Crippen LogP contribution is -2.22. The molecule has 2 nitrogen and oxygen atoms in total. The van der Waals surface area contributed by atoms with Crippen molar-refractivity contribution in [2.24, 2.45) is 0 Å². The first-order chi connectivity index (χ1) is 7.27. The molecule has 1 aromatic rings. The number of benzene rings is 1. The Bertz CT molecular complexity index is 344. The van der Waals surface area contributed by atoms with E-state index in [1.54, 1.807) is 0 Å². The van der Waals surface area contributed by atoms with E-state index in [1.807, 2.05) is 36.0 Å². The molecular formula is C12H16N2S. The fourth-order valence-electron chi connectivity index (χ4n) is 1.28. The molecule has 0 amide bonds. The Labute approximate surface area is 95.7 Å². The summed E-state index contributed by atoms with van der Waals surface area (Å²) in [6.45, 7) is 3.93. The van der Waals surface area contributed by atoms with Crippen LogP contribution in [0.2, 0.25) is 0 Å². The first-order valence-electron chi connectivity index (χ1n) is 4.99. The van der Waals surface area contributed by atoms with Crippen LogP contribution in [0.3, 0.4) is 0 Å². The smallest absolute Gasteiger partial charge is 0.0995 e. The first kappa shape index (κ1) is 12.1. The third kappa shape index (κ3) is 3.94. The Morgan fingerprint density at radius 3 is 2.87 bits per heavy atom. The van der Waals surface area contributed by atoms with Crippen molar-refractivity contribution in [1.29, 1.82) is 5.26 Å². The van der Waals surface area contributed by atoms with Gasteiger partial charge in [0.1, 0.15) is 0 Å². The molecule has 15 heavy (non-hydrogen) atoms. The van der Waals surface area contributed by atoms with Crippen LogP contribution in [0.15, 0.2) is 24.3 Å². The van der Waals surface area contributed by atoms with Crippen LogP contribution in [0.4, 0.5) is 0 Å². The molecule has 0 aliphatic carbocycles. The van der Waals surface area contributed by atoms with Gasteiger partial charge in [0.25, 0.3) is 0 Å². The van der Waals surface area contributed by atoms with E-state index in [0.717, 1.165) is 24.2 Å². The summed E-state index contributed by atoms with van der Waals surface area (Å²) < 4.78 is 0.